The number of rotatable bonds is 2. The number of nitrogens with zero attached hydrogens (tertiary/aromatic N) is 1. The Morgan fingerprint density at radius 2 is 2.15 bits per heavy atom. The maximum absolute atomic E-state index is 4.25. The third kappa shape index (κ3) is 3.24. The van der Waals surface area contributed by atoms with Crippen molar-refractivity contribution in [3.8, 4) is 0 Å². The molecule has 0 aromatic heterocycles. The Hall–Kier alpha value is -1.37. The summed E-state index contributed by atoms with van der Waals surface area (Å²) < 4.78 is 0. The van der Waals surface area contributed by atoms with E-state index >= 15 is 0 Å². The molecule has 0 aliphatic heterocycles. The molecular weight excluding hydrogens is 158 g/mol. The van der Waals surface area contributed by atoms with Crippen LogP contribution in [0.25, 0.3) is 0 Å². The molecule has 0 saturated carbocycles. The van der Waals surface area contributed by atoms with Gasteiger partial charge in [0.05, 0.1) is 5.70 Å². The summed E-state index contributed by atoms with van der Waals surface area (Å²) in [4.78, 5) is 4.25. The maximum Gasteiger partial charge on any atom is 0.0594 e. The van der Waals surface area contributed by atoms with Crippen LogP contribution in [0.4, 0.5) is 0 Å². The number of hydrogen-bond acceptors (Lipinski definition) is 1. The van der Waals surface area contributed by atoms with E-state index in [0.29, 0.717) is 5.92 Å². The molecule has 0 amide bonds. The van der Waals surface area contributed by atoms with Gasteiger partial charge in [-0.1, -0.05) is 30.4 Å². The molecule has 1 unspecified atom stereocenters. The zero-order valence-corrected chi connectivity index (χ0v) is 8.14. The van der Waals surface area contributed by atoms with Crippen LogP contribution in [-0.2, 0) is 0 Å². The molecule has 1 rings (SSSR count). The number of hydrogen-bond donors (Lipinski definition) is 0. The number of allylic oxidation sites excluding steroid dienone is 7. The minimum atomic E-state index is 0.374. The molecule has 1 heteroatoms. The second-order valence-electron chi connectivity index (χ2n) is 2.83. The van der Waals surface area contributed by atoms with Crippen LogP contribution in [0, 0.1) is 5.92 Å². The predicted molar refractivity (Wildman–Crippen MR) is 58.8 cm³/mol. The van der Waals surface area contributed by atoms with Gasteiger partial charge >= 0.3 is 0 Å². The molecule has 68 valence electrons. The molecule has 0 fully saturated rings. The lowest BCUT2D eigenvalue weighted by molar-refractivity contribution is 1.05. The van der Waals surface area contributed by atoms with Crippen molar-refractivity contribution < 1.29 is 0 Å². The molecule has 0 saturated heterocycles. The fraction of sp³-hybridized carbons (Fsp3) is 0.250. The van der Waals surface area contributed by atoms with Gasteiger partial charge < -0.3 is 0 Å². The Kier molecular flexibility index (Phi) is 3.97. The zero-order chi connectivity index (χ0) is 9.52. The normalized spacial score (nSPS) is 22.6. The van der Waals surface area contributed by atoms with E-state index in [0.717, 1.165) is 5.70 Å². The van der Waals surface area contributed by atoms with Gasteiger partial charge in [-0.15, -0.1) is 0 Å². The Morgan fingerprint density at radius 1 is 1.31 bits per heavy atom. The highest BCUT2D eigenvalue weighted by molar-refractivity contribution is 5.56. The van der Waals surface area contributed by atoms with Crippen LogP contribution in [0.2, 0.25) is 0 Å². The van der Waals surface area contributed by atoms with Gasteiger partial charge in [-0.05, 0) is 26.0 Å². The van der Waals surface area contributed by atoms with Gasteiger partial charge in [-0.25, -0.2) is 0 Å². The molecule has 0 aromatic rings. The lowest BCUT2D eigenvalue weighted by Gasteiger charge is -1.99. The largest absolute Gasteiger partial charge is 0.262 e. The lowest BCUT2D eigenvalue weighted by atomic mass is 10.1. The maximum atomic E-state index is 4.25. The highest BCUT2D eigenvalue weighted by Gasteiger charge is 1.98. The molecule has 0 spiro atoms. The second-order valence-corrected chi connectivity index (χ2v) is 2.83. The SMILES string of the molecule is CC=NC1=CC(/C=C\C)C=CC=C1. The minimum absolute atomic E-state index is 0.374. The molecule has 0 N–H and O–H groups in total. The van der Waals surface area contributed by atoms with Crippen LogP contribution >= 0.6 is 0 Å². The highest BCUT2D eigenvalue weighted by atomic mass is 14.7. The summed E-state index contributed by atoms with van der Waals surface area (Å²) in [7, 11) is 0. The summed E-state index contributed by atoms with van der Waals surface area (Å²) in [5.74, 6) is 0.374. The molecule has 0 heterocycles. The number of aliphatic imine (C=N–C) groups is 1. The average molecular weight is 173 g/mol. The second kappa shape index (κ2) is 5.31. The van der Waals surface area contributed by atoms with Crippen LogP contribution in [0.5, 0.6) is 0 Å². The van der Waals surface area contributed by atoms with Crippen molar-refractivity contribution in [2.45, 2.75) is 13.8 Å². The van der Waals surface area contributed by atoms with E-state index in [9.17, 15) is 0 Å². The first kappa shape index (κ1) is 9.72. The Balaban J connectivity index is 2.84. The smallest absolute Gasteiger partial charge is 0.0594 e. The van der Waals surface area contributed by atoms with Crippen LogP contribution < -0.4 is 0 Å². The van der Waals surface area contributed by atoms with Gasteiger partial charge in [0.2, 0.25) is 0 Å². The first-order chi connectivity index (χ1) is 6.36. The van der Waals surface area contributed by atoms with E-state index in [-0.39, 0.29) is 0 Å². The highest BCUT2D eigenvalue weighted by Crippen LogP contribution is 2.13. The van der Waals surface area contributed by atoms with Crippen LogP contribution in [0.3, 0.4) is 0 Å². The van der Waals surface area contributed by atoms with Crippen molar-refractivity contribution in [2.75, 3.05) is 0 Å². The summed E-state index contributed by atoms with van der Waals surface area (Å²) in [6, 6.07) is 0. The topological polar surface area (TPSA) is 12.4 Å². The average Bonchev–Trinajstić information content (AvgIpc) is 2.32. The third-order valence-electron chi connectivity index (χ3n) is 1.77. The van der Waals surface area contributed by atoms with Gasteiger partial charge in [0.25, 0.3) is 0 Å². The van der Waals surface area contributed by atoms with Gasteiger partial charge in [-0.2, -0.15) is 0 Å². The van der Waals surface area contributed by atoms with E-state index in [2.05, 4.69) is 35.4 Å². The standard InChI is InChI=1S/C12H15N/c1-3-7-11-8-5-6-9-12(10-11)13-4-2/h3-11H,1-2H3/b7-3-,13-4?. The van der Waals surface area contributed by atoms with Crippen LogP contribution in [-0.4, -0.2) is 6.21 Å². The third-order valence-corrected chi connectivity index (χ3v) is 1.77. The van der Waals surface area contributed by atoms with Crippen molar-refractivity contribution in [1.29, 1.82) is 0 Å². The van der Waals surface area contributed by atoms with Crippen molar-refractivity contribution >= 4 is 6.21 Å². The van der Waals surface area contributed by atoms with E-state index in [1.165, 1.54) is 0 Å². The minimum Gasteiger partial charge on any atom is -0.262 e. The fourth-order valence-corrected chi connectivity index (χ4v) is 1.23. The molecule has 1 atom stereocenters. The molecule has 13 heavy (non-hydrogen) atoms. The van der Waals surface area contributed by atoms with Crippen molar-refractivity contribution in [3.63, 3.8) is 0 Å². The monoisotopic (exact) mass is 173 g/mol. The molecule has 0 radical (unpaired) electrons. The van der Waals surface area contributed by atoms with Crippen molar-refractivity contribution in [1.82, 2.24) is 0 Å². The van der Waals surface area contributed by atoms with Gasteiger partial charge in [-0.3, -0.25) is 4.99 Å². The quantitative estimate of drug-likeness (QED) is 0.449. The van der Waals surface area contributed by atoms with Crippen molar-refractivity contribution in [2.24, 2.45) is 10.9 Å². The van der Waals surface area contributed by atoms with E-state index in [1.54, 1.807) is 0 Å². The zero-order valence-electron chi connectivity index (χ0n) is 8.14. The first-order valence-corrected chi connectivity index (χ1v) is 4.55. The molecule has 1 aliphatic rings. The van der Waals surface area contributed by atoms with Gasteiger partial charge in [0.1, 0.15) is 0 Å². The molecule has 0 bridgehead atoms. The summed E-state index contributed by atoms with van der Waals surface area (Å²) in [6.45, 7) is 3.96. The van der Waals surface area contributed by atoms with E-state index in [1.807, 2.05) is 32.2 Å². The van der Waals surface area contributed by atoms with Gasteiger partial charge in [0.15, 0.2) is 0 Å². The summed E-state index contributed by atoms with van der Waals surface area (Å²) >= 11 is 0. The molecule has 1 aliphatic carbocycles. The lowest BCUT2D eigenvalue weighted by Crippen LogP contribution is -1.85. The molecule has 0 aromatic carbocycles. The molecular formula is C12H15N. The Morgan fingerprint density at radius 3 is 2.85 bits per heavy atom. The fourth-order valence-electron chi connectivity index (χ4n) is 1.23. The van der Waals surface area contributed by atoms with E-state index < -0.39 is 0 Å². The Bertz CT molecular complexity index is 290. The molecule has 1 nitrogen and oxygen atoms in total. The van der Waals surface area contributed by atoms with Crippen LogP contribution in [0.1, 0.15) is 13.8 Å². The van der Waals surface area contributed by atoms with Gasteiger partial charge in [0, 0.05) is 12.1 Å². The van der Waals surface area contributed by atoms with Crippen LogP contribution in [0.15, 0.2) is 53.2 Å². The van der Waals surface area contributed by atoms with Crippen molar-refractivity contribution in [3.05, 3.63) is 48.2 Å². The Labute approximate surface area is 79.9 Å². The summed E-state index contributed by atoms with van der Waals surface area (Å²) in [5.41, 5.74) is 1.02. The first-order valence-electron chi connectivity index (χ1n) is 4.55. The van der Waals surface area contributed by atoms with E-state index in [4.69, 9.17) is 0 Å². The summed E-state index contributed by atoms with van der Waals surface area (Å²) in [6.07, 6.45) is 16.4. The predicted octanol–water partition coefficient (Wildman–Crippen LogP) is 3.28. The summed E-state index contributed by atoms with van der Waals surface area (Å²) in [5, 5.41) is 0.